The fraction of sp³-hybridized carbons (Fsp3) is 0.273. The van der Waals surface area contributed by atoms with Gasteiger partial charge in [0.25, 0.3) is 0 Å². The summed E-state index contributed by atoms with van der Waals surface area (Å²) in [5.74, 6) is 0.840. The number of pyridine rings is 1. The van der Waals surface area contributed by atoms with Crippen molar-refractivity contribution in [1.29, 1.82) is 0 Å². The van der Waals surface area contributed by atoms with Gasteiger partial charge in [-0.2, -0.15) is 5.10 Å². The fourth-order valence-corrected chi connectivity index (χ4v) is 4.91. The van der Waals surface area contributed by atoms with Gasteiger partial charge in [0.2, 0.25) is 0 Å². The van der Waals surface area contributed by atoms with Crippen molar-refractivity contribution in [3.8, 4) is 16.9 Å². The van der Waals surface area contributed by atoms with E-state index in [4.69, 9.17) is 21.3 Å². The van der Waals surface area contributed by atoms with E-state index in [2.05, 4.69) is 39.5 Å². The summed E-state index contributed by atoms with van der Waals surface area (Å²) in [6.45, 7) is 5.62. The molecule has 0 radical (unpaired) electrons. The Hall–Kier alpha value is -2.83. The third-order valence-electron chi connectivity index (χ3n) is 6.07. The molecule has 0 unspecified atom stereocenters. The molecule has 7 heteroatoms. The van der Waals surface area contributed by atoms with E-state index < -0.39 is 0 Å². The number of anilines is 1. The van der Waals surface area contributed by atoms with Gasteiger partial charge >= 0.3 is 0 Å². The number of nitrogens with zero attached hydrogens (tertiary/aromatic N) is 3. The van der Waals surface area contributed by atoms with Crippen LogP contribution in [0.5, 0.6) is 5.75 Å². The second-order valence-electron chi connectivity index (χ2n) is 7.77. The van der Waals surface area contributed by atoms with E-state index in [0.29, 0.717) is 17.7 Å². The van der Waals surface area contributed by atoms with Crippen LogP contribution in [0, 0.1) is 6.92 Å². The zero-order valence-corrected chi connectivity index (χ0v) is 16.8. The zero-order chi connectivity index (χ0) is 19.5. The smallest absolute Gasteiger partial charge is 0.161 e. The molecule has 2 aliphatic heterocycles. The largest absolute Gasteiger partial charge is 0.488 e. The normalized spacial score (nSPS) is 18.6. The number of hydrogen-bond acceptors (Lipinski definition) is 5. The molecule has 2 N–H and O–H groups in total. The topological polar surface area (TPSA) is 66.1 Å². The fourth-order valence-electron chi connectivity index (χ4n) is 4.65. The van der Waals surface area contributed by atoms with Crippen molar-refractivity contribution >= 4 is 39.1 Å². The van der Waals surface area contributed by atoms with E-state index in [1.165, 1.54) is 0 Å². The molecule has 2 aromatic carbocycles. The van der Waals surface area contributed by atoms with Crippen LogP contribution in [0.2, 0.25) is 5.02 Å². The van der Waals surface area contributed by atoms with Gasteiger partial charge in [0.05, 0.1) is 35.2 Å². The van der Waals surface area contributed by atoms with E-state index in [9.17, 15) is 0 Å². The predicted octanol–water partition coefficient (Wildman–Crippen LogP) is 3.91. The van der Waals surface area contributed by atoms with Gasteiger partial charge in [-0.15, -0.1) is 0 Å². The molecule has 4 aromatic rings. The number of aryl methyl sites for hydroxylation is 1. The van der Waals surface area contributed by atoms with Gasteiger partial charge in [-0.25, -0.2) is 0 Å². The Morgan fingerprint density at radius 1 is 1.21 bits per heavy atom. The first kappa shape index (κ1) is 17.1. The van der Waals surface area contributed by atoms with Crippen LogP contribution in [-0.4, -0.2) is 47.5 Å². The first-order chi connectivity index (χ1) is 14.2. The Morgan fingerprint density at radius 2 is 2.14 bits per heavy atom. The predicted molar refractivity (Wildman–Crippen MR) is 116 cm³/mol. The summed E-state index contributed by atoms with van der Waals surface area (Å²) in [7, 11) is 0. The summed E-state index contributed by atoms with van der Waals surface area (Å²) >= 11 is 6.86. The van der Waals surface area contributed by atoms with Crippen LogP contribution >= 0.6 is 11.6 Å². The average Bonchev–Trinajstić information content (AvgIpc) is 3.22. The Kier molecular flexibility index (Phi) is 3.73. The van der Waals surface area contributed by atoms with Gasteiger partial charge in [0, 0.05) is 41.0 Å². The molecule has 2 aromatic heterocycles. The number of piperazine rings is 1. The Bertz CT molecular complexity index is 1270. The van der Waals surface area contributed by atoms with Crippen LogP contribution in [0.15, 0.2) is 36.7 Å². The number of rotatable bonds is 1. The lowest BCUT2D eigenvalue weighted by molar-refractivity contribution is 0.247. The van der Waals surface area contributed by atoms with Gasteiger partial charge in [-0.3, -0.25) is 10.1 Å². The van der Waals surface area contributed by atoms with Crippen LogP contribution in [0.1, 0.15) is 5.56 Å². The van der Waals surface area contributed by atoms with Gasteiger partial charge in [0.15, 0.2) is 5.75 Å². The maximum atomic E-state index is 6.86. The quantitative estimate of drug-likeness (QED) is 0.502. The van der Waals surface area contributed by atoms with Crippen molar-refractivity contribution in [2.24, 2.45) is 0 Å². The van der Waals surface area contributed by atoms with Crippen LogP contribution in [0.3, 0.4) is 0 Å². The third-order valence-corrected chi connectivity index (χ3v) is 6.38. The van der Waals surface area contributed by atoms with Crippen molar-refractivity contribution in [3.05, 3.63) is 47.2 Å². The molecule has 0 spiro atoms. The number of hydrogen-bond donors (Lipinski definition) is 2. The third kappa shape index (κ3) is 2.52. The Balaban J connectivity index is 1.59. The minimum atomic E-state index is 0.335. The maximum Gasteiger partial charge on any atom is 0.161 e. The standard InChI is InChI=1S/C22H20ClN5O/c1-12-2-3-18-16(9-26-27-18)21(12)14-7-19-15(6-17(14)23)22-20(10-25-19)29-11-13-8-24-4-5-28(13)22/h2-3,6-7,9-10,13,24H,4-5,8,11H2,1H3,(H,26,27)/t13-/m0/s1. The van der Waals surface area contributed by atoms with Crippen molar-refractivity contribution in [2.45, 2.75) is 13.0 Å². The minimum absolute atomic E-state index is 0.335. The number of halogens is 1. The summed E-state index contributed by atoms with van der Waals surface area (Å²) in [6.07, 6.45) is 3.70. The minimum Gasteiger partial charge on any atom is -0.488 e. The highest BCUT2D eigenvalue weighted by atomic mass is 35.5. The molecule has 146 valence electrons. The molecule has 4 heterocycles. The molecule has 0 amide bonds. The summed E-state index contributed by atoms with van der Waals surface area (Å²) in [6, 6.07) is 8.62. The first-order valence-corrected chi connectivity index (χ1v) is 10.2. The SMILES string of the molecule is Cc1ccc2[nH]ncc2c1-c1cc2ncc3c(c2cc1Cl)N1CCNC[C@H]1CO3. The lowest BCUT2D eigenvalue weighted by atomic mass is 9.95. The number of aromatic nitrogens is 3. The number of fused-ring (bicyclic) bond motifs is 6. The number of ether oxygens (including phenoxy) is 1. The maximum absolute atomic E-state index is 6.86. The second-order valence-corrected chi connectivity index (χ2v) is 8.18. The highest BCUT2D eigenvalue weighted by Crippen LogP contribution is 2.44. The van der Waals surface area contributed by atoms with E-state index in [0.717, 1.165) is 69.6 Å². The average molecular weight is 406 g/mol. The van der Waals surface area contributed by atoms with Crippen LogP contribution in [-0.2, 0) is 0 Å². The summed E-state index contributed by atoms with van der Waals surface area (Å²) < 4.78 is 6.02. The van der Waals surface area contributed by atoms with Crippen molar-refractivity contribution in [2.75, 3.05) is 31.1 Å². The zero-order valence-electron chi connectivity index (χ0n) is 16.0. The van der Waals surface area contributed by atoms with Gasteiger partial charge in [0.1, 0.15) is 6.61 Å². The van der Waals surface area contributed by atoms with Crippen LogP contribution in [0.4, 0.5) is 5.69 Å². The first-order valence-electron chi connectivity index (χ1n) is 9.86. The molecule has 1 saturated heterocycles. The van der Waals surface area contributed by atoms with Gasteiger partial charge < -0.3 is 15.0 Å². The molecule has 1 atom stereocenters. The number of nitrogens with one attached hydrogen (secondary N) is 2. The summed E-state index contributed by atoms with van der Waals surface area (Å²) in [5.41, 5.74) is 6.26. The molecule has 29 heavy (non-hydrogen) atoms. The molecule has 6 nitrogen and oxygen atoms in total. The molecular formula is C22H20ClN5O. The number of aromatic amines is 1. The van der Waals surface area contributed by atoms with Crippen molar-refractivity contribution < 1.29 is 4.74 Å². The van der Waals surface area contributed by atoms with Crippen LogP contribution in [0.25, 0.3) is 32.9 Å². The lowest BCUT2D eigenvalue weighted by Crippen LogP contribution is -2.55. The van der Waals surface area contributed by atoms with Crippen LogP contribution < -0.4 is 15.0 Å². The molecule has 1 fully saturated rings. The number of benzene rings is 2. The van der Waals surface area contributed by atoms with Gasteiger partial charge in [-0.05, 0) is 36.2 Å². The highest BCUT2D eigenvalue weighted by Gasteiger charge is 2.31. The highest BCUT2D eigenvalue weighted by molar-refractivity contribution is 6.35. The molecule has 0 saturated carbocycles. The van der Waals surface area contributed by atoms with Crippen molar-refractivity contribution in [3.63, 3.8) is 0 Å². The van der Waals surface area contributed by atoms with Crippen molar-refractivity contribution in [1.82, 2.24) is 20.5 Å². The lowest BCUT2D eigenvalue weighted by Gasteiger charge is -2.42. The van der Waals surface area contributed by atoms with E-state index in [1.807, 2.05) is 24.5 Å². The van der Waals surface area contributed by atoms with Gasteiger partial charge in [-0.1, -0.05) is 17.7 Å². The Labute approximate surface area is 172 Å². The molecule has 6 rings (SSSR count). The molecule has 2 aliphatic rings. The summed E-state index contributed by atoms with van der Waals surface area (Å²) in [4.78, 5) is 7.15. The van der Waals surface area contributed by atoms with E-state index in [-0.39, 0.29) is 0 Å². The Morgan fingerprint density at radius 3 is 3.07 bits per heavy atom. The number of H-pyrrole nitrogens is 1. The molecule has 0 aliphatic carbocycles. The molecular weight excluding hydrogens is 386 g/mol. The summed E-state index contributed by atoms with van der Waals surface area (Å²) in [5, 5.41) is 13.5. The monoisotopic (exact) mass is 405 g/mol. The second kappa shape index (κ2) is 6.34. The van der Waals surface area contributed by atoms with E-state index in [1.54, 1.807) is 0 Å². The van der Waals surface area contributed by atoms with E-state index >= 15 is 0 Å². The molecule has 0 bridgehead atoms.